The van der Waals surface area contributed by atoms with Gasteiger partial charge in [0.05, 0.1) is 0 Å². The van der Waals surface area contributed by atoms with E-state index in [9.17, 15) is 43.1 Å². The molecule has 2 saturated heterocycles. The van der Waals surface area contributed by atoms with Crippen molar-refractivity contribution in [2.24, 2.45) is 0 Å². The molecule has 50 heavy (non-hydrogen) atoms. The maximum absolute atomic E-state index is 14.2. The van der Waals surface area contributed by atoms with Gasteiger partial charge in [-0.25, -0.2) is 9.18 Å². The Hall–Kier alpha value is -5.28. The Kier molecular flexibility index (Phi) is 11.5. The molecule has 15 nitrogen and oxygen atoms in total. The lowest BCUT2D eigenvalue weighted by molar-refractivity contribution is -0.145. The number of aromatic nitrogens is 1. The van der Waals surface area contributed by atoms with Crippen LogP contribution < -0.4 is 26.0 Å². The van der Waals surface area contributed by atoms with E-state index in [1.165, 1.54) is 29.2 Å². The molecule has 2 aliphatic heterocycles. The van der Waals surface area contributed by atoms with Crippen molar-refractivity contribution in [2.75, 3.05) is 19.7 Å². The van der Waals surface area contributed by atoms with Gasteiger partial charge >= 0.3 is 5.97 Å². The minimum Gasteiger partial charge on any atom is -0.484 e. The van der Waals surface area contributed by atoms with Crippen LogP contribution in [0.1, 0.15) is 83.5 Å². The molecule has 2 fully saturated rings. The van der Waals surface area contributed by atoms with Gasteiger partial charge in [0.15, 0.2) is 12.4 Å². The smallest absolute Gasteiger partial charge is 0.326 e. The van der Waals surface area contributed by atoms with Crippen LogP contribution in [0.2, 0.25) is 0 Å². The molecule has 0 unspecified atom stereocenters. The maximum atomic E-state index is 14.2. The predicted molar refractivity (Wildman–Crippen MR) is 174 cm³/mol. The minimum atomic E-state index is -1.42. The summed E-state index contributed by atoms with van der Waals surface area (Å²) >= 11 is 0. The largest absolute Gasteiger partial charge is 0.484 e. The van der Waals surface area contributed by atoms with Gasteiger partial charge in [-0.2, -0.15) is 0 Å². The van der Waals surface area contributed by atoms with Gasteiger partial charge in [0, 0.05) is 43.2 Å². The predicted octanol–water partition coefficient (Wildman–Crippen LogP) is 0.894. The van der Waals surface area contributed by atoms with Crippen LogP contribution >= 0.6 is 0 Å². The number of ketones is 1. The molecule has 4 atom stereocenters. The third-order valence-electron chi connectivity index (χ3n) is 9.22. The number of aryl methyl sites for hydroxylation is 1. The molecular formula is C34H41FN6O9. The lowest BCUT2D eigenvalue weighted by atomic mass is 9.94. The first-order valence-corrected chi connectivity index (χ1v) is 16.7. The number of ether oxygens (including phenoxy) is 1. The highest BCUT2D eigenvalue weighted by Gasteiger charge is 2.44. The van der Waals surface area contributed by atoms with Crippen molar-refractivity contribution in [3.8, 4) is 5.75 Å². The lowest BCUT2D eigenvalue weighted by Crippen LogP contribution is -2.55. The SMILES string of the molecule is Cc1c(C(=O)N[C@@H]2C[C@H]3C(=O)N[C@H](C(=O)O)CCC(=O)NCCCC[C@H](NC(=O)COc4ccc(F)cc4)C(=O)N3C2)[nH]c2c1C(=O)CCC2. The van der Waals surface area contributed by atoms with Crippen LogP contribution in [-0.4, -0.2) is 100 Å². The summed E-state index contributed by atoms with van der Waals surface area (Å²) in [6.07, 6.45) is 2.25. The number of rotatable bonds is 7. The summed E-state index contributed by atoms with van der Waals surface area (Å²) in [7, 11) is 0. The van der Waals surface area contributed by atoms with E-state index in [4.69, 9.17) is 4.74 Å². The van der Waals surface area contributed by atoms with Crippen LogP contribution in [0.25, 0.3) is 0 Å². The molecule has 2 aromatic rings. The van der Waals surface area contributed by atoms with E-state index in [2.05, 4.69) is 26.3 Å². The fraction of sp³-hybridized carbons (Fsp3) is 0.500. The minimum absolute atomic E-state index is 0.0466. The second-order valence-electron chi connectivity index (χ2n) is 12.8. The van der Waals surface area contributed by atoms with E-state index in [1.807, 2.05) is 0 Å². The summed E-state index contributed by atoms with van der Waals surface area (Å²) in [6, 6.07) is 0.510. The van der Waals surface area contributed by atoms with Crippen LogP contribution in [0.15, 0.2) is 24.3 Å². The molecule has 3 aliphatic rings. The van der Waals surface area contributed by atoms with Crippen LogP contribution in [-0.2, 0) is 30.4 Å². The van der Waals surface area contributed by atoms with Crippen LogP contribution in [0.5, 0.6) is 5.75 Å². The zero-order chi connectivity index (χ0) is 35.9. The van der Waals surface area contributed by atoms with Gasteiger partial charge in [-0.05, 0) is 81.7 Å². The number of hydrogen-bond acceptors (Lipinski definition) is 8. The molecule has 0 spiro atoms. The lowest BCUT2D eigenvalue weighted by Gasteiger charge is -2.29. The Morgan fingerprint density at radius 1 is 1.00 bits per heavy atom. The zero-order valence-electron chi connectivity index (χ0n) is 27.6. The third-order valence-corrected chi connectivity index (χ3v) is 9.22. The third kappa shape index (κ3) is 8.65. The first kappa shape index (κ1) is 36.0. The number of aromatic amines is 1. The monoisotopic (exact) mass is 696 g/mol. The number of aliphatic carboxylic acids is 1. The van der Waals surface area contributed by atoms with Crippen molar-refractivity contribution in [3.63, 3.8) is 0 Å². The molecule has 16 heteroatoms. The van der Waals surface area contributed by atoms with Crippen molar-refractivity contribution < 1.29 is 47.8 Å². The number of nitrogens with one attached hydrogen (secondary N) is 5. The Labute approximate surface area is 287 Å². The summed E-state index contributed by atoms with van der Waals surface area (Å²) < 4.78 is 18.7. The molecule has 0 saturated carbocycles. The molecule has 1 aliphatic carbocycles. The number of benzene rings is 1. The second kappa shape index (κ2) is 16.0. The Bertz CT molecular complexity index is 1660. The first-order valence-electron chi connectivity index (χ1n) is 16.7. The fourth-order valence-electron chi connectivity index (χ4n) is 6.66. The van der Waals surface area contributed by atoms with Gasteiger partial charge < -0.3 is 41.0 Å². The van der Waals surface area contributed by atoms with E-state index >= 15 is 0 Å². The highest BCUT2D eigenvalue weighted by Crippen LogP contribution is 2.27. The quantitative estimate of drug-likeness (QED) is 0.242. The number of carbonyl (C=O) groups is 7. The Morgan fingerprint density at radius 2 is 1.76 bits per heavy atom. The number of halogens is 1. The van der Waals surface area contributed by atoms with Gasteiger partial charge in [-0.3, -0.25) is 28.8 Å². The highest BCUT2D eigenvalue weighted by molar-refractivity contribution is 6.04. The average molecular weight is 697 g/mol. The normalized spacial score (nSPS) is 23.4. The van der Waals surface area contributed by atoms with Gasteiger partial charge in [0.25, 0.3) is 11.8 Å². The molecule has 6 N–H and O–H groups in total. The van der Waals surface area contributed by atoms with Crippen molar-refractivity contribution in [1.82, 2.24) is 31.2 Å². The summed E-state index contributed by atoms with van der Waals surface area (Å²) in [6.45, 7) is 1.31. The van der Waals surface area contributed by atoms with E-state index in [-0.39, 0.29) is 56.0 Å². The van der Waals surface area contributed by atoms with Crippen molar-refractivity contribution in [2.45, 2.75) is 88.9 Å². The Balaban J connectivity index is 1.37. The number of amides is 5. The maximum Gasteiger partial charge on any atom is 0.326 e. The van der Waals surface area contributed by atoms with Gasteiger partial charge in [-0.1, -0.05) is 0 Å². The van der Waals surface area contributed by atoms with Crippen molar-refractivity contribution in [3.05, 3.63) is 52.6 Å². The molecule has 3 heterocycles. The van der Waals surface area contributed by atoms with Gasteiger partial charge in [0.2, 0.25) is 17.7 Å². The summed E-state index contributed by atoms with van der Waals surface area (Å²) in [5.74, 6) is -4.65. The number of fused-ring (bicyclic) bond motifs is 2. The summed E-state index contributed by atoms with van der Waals surface area (Å²) in [5, 5.41) is 20.5. The number of H-pyrrole nitrogens is 1. The average Bonchev–Trinajstić information content (AvgIpc) is 3.66. The molecule has 0 bridgehead atoms. The standard InChI is InChI=1S/C34H41FN6O9/c1-18-29-22(6-4-7-26(29)42)39-30(18)32(46)37-20-15-25-31(45)40-24(34(48)49)12-13-27(43)36-14-3-2-5-23(33(47)41(25)16-20)38-28(44)17-50-21-10-8-19(35)9-11-21/h8-11,20,23-25,39H,2-7,12-17H2,1H3,(H,36,43)(H,37,46)(H,38,44)(H,40,45)(H,48,49)/t20-,23+,24+,25+/m1/s1. The molecule has 5 amide bonds. The number of hydrogen-bond donors (Lipinski definition) is 6. The fourth-order valence-corrected chi connectivity index (χ4v) is 6.66. The van der Waals surface area contributed by atoms with E-state index < -0.39 is 72.1 Å². The van der Waals surface area contributed by atoms with Gasteiger partial charge in [-0.15, -0.1) is 0 Å². The summed E-state index contributed by atoms with van der Waals surface area (Å²) in [5.41, 5.74) is 1.92. The number of nitrogens with zero attached hydrogens (tertiary/aromatic N) is 1. The number of carboxylic acids is 1. The van der Waals surface area contributed by atoms with Crippen LogP contribution in [0, 0.1) is 12.7 Å². The number of carboxylic acid groups (broad SMARTS) is 1. The van der Waals surface area contributed by atoms with Gasteiger partial charge in [0.1, 0.15) is 35.4 Å². The number of Topliss-reactive ketones (excluding diaryl/α,β-unsaturated/α-hetero) is 1. The molecule has 0 radical (unpaired) electrons. The second-order valence-corrected chi connectivity index (χ2v) is 12.8. The molecule has 268 valence electrons. The number of carbonyl (C=O) groups excluding carboxylic acids is 6. The van der Waals surface area contributed by atoms with Crippen molar-refractivity contribution >= 4 is 41.3 Å². The Morgan fingerprint density at radius 3 is 2.48 bits per heavy atom. The van der Waals surface area contributed by atoms with E-state index in [0.29, 0.717) is 48.9 Å². The first-order chi connectivity index (χ1) is 23.9. The van der Waals surface area contributed by atoms with Crippen molar-refractivity contribution in [1.29, 1.82) is 0 Å². The van der Waals surface area contributed by atoms with Crippen LogP contribution in [0.4, 0.5) is 4.39 Å². The molecule has 1 aromatic heterocycles. The van der Waals surface area contributed by atoms with E-state index in [0.717, 1.165) is 0 Å². The molecule has 5 rings (SSSR count). The topological polar surface area (TPSA) is 216 Å². The molecular weight excluding hydrogens is 655 g/mol. The van der Waals surface area contributed by atoms with Crippen LogP contribution in [0.3, 0.4) is 0 Å². The molecule has 1 aromatic carbocycles. The highest BCUT2D eigenvalue weighted by atomic mass is 19.1. The van der Waals surface area contributed by atoms with E-state index in [1.54, 1.807) is 6.92 Å². The summed E-state index contributed by atoms with van der Waals surface area (Å²) in [4.78, 5) is 95.5. The zero-order valence-corrected chi connectivity index (χ0v) is 27.6.